The van der Waals surface area contributed by atoms with Crippen molar-refractivity contribution < 1.29 is 14.3 Å². The summed E-state index contributed by atoms with van der Waals surface area (Å²) >= 11 is 2.73. The van der Waals surface area contributed by atoms with Gasteiger partial charge in [-0.2, -0.15) is 0 Å². The predicted molar refractivity (Wildman–Crippen MR) is 90.3 cm³/mol. The van der Waals surface area contributed by atoms with Crippen molar-refractivity contribution in [2.24, 2.45) is 0 Å². The van der Waals surface area contributed by atoms with Gasteiger partial charge in [0, 0.05) is 12.5 Å². The number of hydrogen-bond acceptors (Lipinski definition) is 7. The molecule has 0 aromatic carbocycles. The molecule has 0 saturated heterocycles. The predicted octanol–water partition coefficient (Wildman–Crippen LogP) is 2.69. The summed E-state index contributed by atoms with van der Waals surface area (Å²) < 4.78 is 5.98. The lowest BCUT2D eigenvalue weighted by atomic mass is 10.1. The van der Waals surface area contributed by atoms with E-state index < -0.39 is 5.60 Å². The van der Waals surface area contributed by atoms with Crippen LogP contribution in [0, 0.1) is 0 Å². The summed E-state index contributed by atoms with van der Waals surface area (Å²) in [4.78, 5) is 27.9. The van der Waals surface area contributed by atoms with Crippen LogP contribution in [0.3, 0.4) is 0 Å². The first kappa shape index (κ1) is 18.8. The molecule has 1 atom stereocenters. The van der Waals surface area contributed by atoms with E-state index in [4.69, 9.17) is 10.5 Å². The van der Waals surface area contributed by atoms with Crippen molar-refractivity contribution in [2.75, 3.05) is 12.0 Å². The summed E-state index contributed by atoms with van der Waals surface area (Å²) in [6.07, 6.45) is 2.63. The van der Waals surface area contributed by atoms with Crippen LogP contribution in [0.1, 0.15) is 51.0 Å². The second kappa shape index (κ2) is 7.82. The normalized spacial score (nSPS) is 12.8. The topological polar surface area (TPSA) is 94.3 Å². The van der Waals surface area contributed by atoms with E-state index in [1.807, 2.05) is 34.0 Å². The highest BCUT2D eigenvalue weighted by Crippen LogP contribution is 2.27. The second-order valence-corrected chi connectivity index (χ2v) is 7.98. The van der Waals surface area contributed by atoms with Crippen LogP contribution in [0.25, 0.3) is 0 Å². The van der Waals surface area contributed by atoms with Gasteiger partial charge in [-0.05, 0) is 40.4 Å². The van der Waals surface area contributed by atoms with Crippen molar-refractivity contribution >= 4 is 40.0 Å². The highest BCUT2D eigenvalue weighted by Gasteiger charge is 2.20. The van der Waals surface area contributed by atoms with Crippen LogP contribution < -0.4 is 11.1 Å². The summed E-state index contributed by atoms with van der Waals surface area (Å²) in [7, 11) is 0. The van der Waals surface area contributed by atoms with Gasteiger partial charge in [0.15, 0.2) is 10.0 Å². The van der Waals surface area contributed by atoms with Crippen molar-refractivity contribution in [3.05, 3.63) is 5.69 Å². The molecule has 0 radical (unpaired) electrons. The smallest absolute Gasteiger partial charge is 0.306 e. The molecule has 3 N–H and O–H groups in total. The number of aromatic nitrogens is 1. The first-order chi connectivity index (χ1) is 10.1. The van der Waals surface area contributed by atoms with Crippen LogP contribution in [0.15, 0.2) is 4.34 Å². The standard InChI is InChI=1S/C14H23N3O3S2/c1-8(6-7-9(18)20-14(2,3)4)16-12(19)10-11(15)22-13(17-10)21-5/h8H,6-7,15H2,1-5H3,(H,16,19)/t8-/m1/s1. The maximum Gasteiger partial charge on any atom is 0.306 e. The zero-order chi connectivity index (χ0) is 16.9. The SMILES string of the molecule is CSc1nc(C(=O)N[C@H](C)CCC(=O)OC(C)(C)C)c(N)s1. The molecular weight excluding hydrogens is 322 g/mol. The average molecular weight is 345 g/mol. The zero-order valence-corrected chi connectivity index (χ0v) is 15.2. The van der Waals surface area contributed by atoms with E-state index in [1.54, 1.807) is 0 Å². The number of nitrogens with zero attached hydrogens (tertiary/aromatic N) is 1. The Balaban J connectivity index is 2.47. The number of amides is 1. The Hall–Kier alpha value is -1.28. The molecular formula is C14H23N3O3S2. The van der Waals surface area contributed by atoms with E-state index in [-0.39, 0.29) is 30.0 Å². The molecule has 124 valence electrons. The number of thioether (sulfide) groups is 1. The lowest BCUT2D eigenvalue weighted by Crippen LogP contribution is -2.34. The zero-order valence-electron chi connectivity index (χ0n) is 13.6. The van der Waals surface area contributed by atoms with Crippen molar-refractivity contribution in [3.63, 3.8) is 0 Å². The monoisotopic (exact) mass is 345 g/mol. The Bertz CT molecular complexity index is 538. The van der Waals surface area contributed by atoms with Gasteiger partial charge in [0.25, 0.3) is 5.91 Å². The number of carbonyl (C=O) groups excluding carboxylic acids is 2. The van der Waals surface area contributed by atoms with Crippen LogP contribution in [-0.2, 0) is 9.53 Å². The molecule has 1 amide bonds. The number of nitrogens with two attached hydrogens (primary N) is 1. The molecule has 0 spiro atoms. The fraction of sp³-hybridized carbons (Fsp3) is 0.643. The first-order valence-corrected chi connectivity index (χ1v) is 8.99. The minimum Gasteiger partial charge on any atom is -0.460 e. The fourth-order valence-corrected chi connectivity index (χ4v) is 3.00. The van der Waals surface area contributed by atoms with Crippen LogP contribution in [-0.4, -0.2) is 34.8 Å². The molecule has 8 heteroatoms. The minimum atomic E-state index is -0.493. The highest BCUT2D eigenvalue weighted by molar-refractivity contribution is 8.00. The van der Waals surface area contributed by atoms with Gasteiger partial charge in [0.1, 0.15) is 10.6 Å². The Labute approximate surface area is 139 Å². The maximum absolute atomic E-state index is 12.1. The molecule has 1 rings (SSSR count). The van der Waals surface area contributed by atoms with E-state index in [0.717, 1.165) is 4.34 Å². The summed E-state index contributed by atoms with van der Waals surface area (Å²) in [5.74, 6) is -0.586. The Kier molecular flexibility index (Phi) is 6.67. The largest absolute Gasteiger partial charge is 0.460 e. The van der Waals surface area contributed by atoms with Gasteiger partial charge in [0.05, 0.1) is 0 Å². The number of nitrogen functional groups attached to an aromatic ring is 1. The van der Waals surface area contributed by atoms with Gasteiger partial charge in [-0.15, -0.1) is 0 Å². The maximum atomic E-state index is 12.1. The van der Waals surface area contributed by atoms with Crippen LogP contribution in [0.5, 0.6) is 0 Å². The first-order valence-electron chi connectivity index (χ1n) is 6.95. The van der Waals surface area contributed by atoms with E-state index >= 15 is 0 Å². The molecule has 0 aliphatic rings. The van der Waals surface area contributed by atoms with E-state index in [2.05, 4.69) is 10.3 Å². The third-order valence-electron chi connectivity index (χ3n) is 2.60. The van der Waals surface area contributed by atoms with Crippen molar-refractivity contribution in [2.45, 2.75) is 56.5 Å². The van der Waals surface area contributed by atoms with Gasteiger partial charge in [-0.25, -0.2) is 4.98 Å². The molecule has 22 heavy (non-hydrogen) atoms. The molecule has 0 aliphatic carbocycles. The van der Waals surface area contributed by atoms with E-state index in [0.29, 0.717) is 11.4 Å². The van der Waals surface area contributed by atoms with Crippen molar-refractivity contribution in [1.82, 2.24) is 10.3 Å². The van der Waals surface area contributed by atoms with Crippen LogP contribution >= 0.6 is 23.1 Å². The number of thiazole rings is 1. The van der Waals surface area contributed by atoms with Crippen molar-refractivity contribution in [1.29, 1.82) is 0 Å². The molecule has 0 saturated carbocycles. The summed E-state index contributed by atoms with van der Waals surface area (Å²) in [6.45, 7) is 7.31. The second-order valence-electron chi connectivity index (χ2n) is 5.90. The summed E-state index contributed by atoms with van der Waals surface area (Å²) in [5.41, 5.74) is 5.55. The molecule has 0 unspecified atom stereocenters. The number of rotatable bonds is 6. The summed E-state index contributed by atoms with van der Waals surface area (Å²) in [6, 6.07) is -0.168. The highest BCUT2D eigenvalue weighted by atomic mass is 32.2. The van der Waals surface area contributed by atoms with Gasteiger partial charge in [-0.3, -0.25) is 9.59 Å². The number of carbonyl (C=O) groups is 2. The lowest BCUT2D eigenvalue weighted by Gasteiger charge is -2.20. The number of hydrogen-bond donors (Lipinski definition) is 2. The van der Waals surface area contributed by atoms with E-state index in [9.17, 15) is 9.59 Å². The van der Waals surface area contributed by atoms with Crippen LogP contribution in [0.2, 0.25) is 0 Å². The fourth-order valence-electron chi connectivity index (χ4n) is 1.65. The number of ether oxygens (including phenoxy) is 1. The quantitative estimate of drug-likeness (QED) is 0.608. The average Bonchev–Trinajstić information content (AvgIpc) is 2.76. The Morgan fingerprint density at radius 1 is 1.45 bits per heavy atom. The number of esters is 1. The molecule has 0 aliphatic heterocycles. The third kappa shape index (κ3) is 6.23. The van der Waals surface area contributed by atoms with Gasteiger partial charge < -0.3 is 15.8 Å². The third-order valence-corrected chi connectivity index (χ3v) is 4.47. The molecule has 0 fully saturated rings. The van der Waals surface area contributed by atoms with Crippen molar-refractivity contribution in [3.8, 4) is 0 Å². The minimum absolute atomic E-state index is 0.168. The Morgan fingerprint density at radius 2 is 2.09 bits per heavy atom. The molecule has 6 nitrogen and oxygen atoms in total. The molecule has 1 heterocycles. The number of anilines is 1. The molecule has 1 aromatic heterocycles. The van der Waals surface area contributed by atoms with Crippen LogP contribution in [0.4, 0.5) is 5.00 Å². The molecule has 1 aromatic rings. The lowest BCUT2D eigenvalue weighted by molar-refractivity contribution is -0.155. The van der Waals surface area contributed by atoms with E-state index in [1.165, 1.54) is 23.1 Å². The van der Waals surface area contributed by atoms with Gasteiger partial charge >= 0.3 is 5.97 Å². The Morgan fingerprint density at radius 3 is 2.59 bits per heavy atom. The summed E-state index contributed by atoms with van der Waals surface area (Å²) in [5, 5.41) is 3.20. The number of nitrogens with one attached hydrogen (secondary N) is 1. The van der Waals surface area contributed by atoms with Gasteiger partial charge in [-0.1, -0.05) is 23.1 Å². The van der Waals surface area contributed by atoms with Gasteiger partial charge in [0.2, 0.25) is 0 Å². The molecule has 0 bridgehead atoms.